The third kappa shape index (κ3) is 2.01. The van der Waals surface area contributed by atoms with Crippen LogP contribution in [0.4, 0.5) is 19.0 Å². The van der Waals surface area contributed by atoms with Crippen LogP contribution < -0.4 is 5.73 Å². The number of aromatic nitrogens is 3. The number of nitrogens with one attached hydrogen (secondary N) is 1. The van der Waals surface area contributed by atoms with Gasteiger partial charge in [-0.2, -0.15) is 0 Å². The molecule has 0 fully saturated rings. The number of aromatic amines is 1. The summed E-state index contributed by atoms with van der Waals surface area (Å²) in [5.41, 5.74) is 6.38. The average Bonchev–Trinajstić information content (AvgIpc) is 2.92. The Morgan fingerprint density at radius 1 is 0.957 bits per heavy atom. The van der Waals surface area contributed by atoms with Crippen LogP contribution in [0, 0.1) is 17.5 Å². The lowest BCUT2D eigenvalue weighted by molar-refractivity contribution is 0.591. The van der Waals surface area contributed by atoms with Gasteiger partial charge in [0.05, 0.1) is 5.52 Å². The highest BCUT2D eigenvalue weighted by atomic mass is 19.1. The Hall–Kier alpha value is -3.09. The van der Waals surface area contributed by atoms with Gasteiger partial charge in [-0.3, -0.25) is 0 Å². The SMILES string of the molecule is Nc1nc(-c2c[nH]c3c(F)cc(F)cc23)nc2c(F)cccc12. The van der Waals surface area contributed by atoms with Gasteiger partial charge in [0.1, 0.15) is 28.8 Å². The van der Waals surface area contributed by atoms with Crippen LogP contribution in [0.15, 0.2) is 36.5 Å². The van der Waals surface area contributed by atoms with Crippen molar-refractivity contribution >= 4 is 27.6 Å². The molecule has 0 radical (unpaired) electrons. The van der Waals surface area contributed by atoms with Crippen molar-refractivity contribution < 1.29 is 13.2 Å². The van der Waals surface area contributed by atoms with Crippen LogP contribution in [-0.2, 0) is 0 Å². The van der Waals surface area contributed by atoms with E-state index in [1.165, 1.54) is 18.3 Å². The first-order valence-corrected chi connectivity index (χ1v) is 6.73. The Morgan fingerprint density at radius 3 is 2.61 bits per heavy atom. The zero-order valence-electron chi connectivity index (χ0n) is 11.6. The van der Waals surface area contributed by atoms with Crippen molar-refractivity contribution in [2.75, 3.05) is 5.73 Å². The summed E-state index contributed by atoms with van der Waals surface area (Å²) in [5.74, 6) is -1.82. The van der Waals surface area contributed by atoms with Gasteiger partial charge in [-0.1, -0.05) is 6.07 Å². The normalized spacial score (nSPS) is 11.4. The Bertz CT molecular complexity index is 1070. The number of anilines is 1. The number of halogens is 3. The Balaban J connectivity index is 2.05. The number of rotatable bonds is 1. The second kappa shape index (κ2) is 4.70. The van der Waals surface area contributed by atoms with Crippen LogP contribution in [-0.4, -0.2) is 15.0 Å². The summed E-state index contributed by atoms with van der Waals surface area (Å²) >= 11 is 0. The van der Waals surface area contributed by atoms with Crippen molar-refractivity contribution in [3.63, 3.8) is 0 Å². The molecular formula is C16H9F3N4. The second-order valence-corrected chi connectivity index (χ2v) is 5.08. The standard InChI is InChI=1S/C16H9F3N4/c17-7-4-9-10(6-21-13(9)12(19)5-7)16-22-14-8(15(20)23-16)2-1-3-11(14)18/h1-6,21H,(H2,20,22,23). The van der Waals surface area contributed by atoms with Crippen LogP contribution in [0.5, 0.6) is 0 Å². The number of hydrogen-bond donors (Lipinski definition) is 2. The predicted molar refractivity (Wildman–Crippen MR) is 81.1 cm³/mol. The van der Waals surface area contributed by atoms with Crippen molar-refractivity contribution in [1.29, 1.82) is 0 Å². The predicted octanol–water partition coefficient (Wildman–Crippen LogP) is 3.78. The van der Waals surface area contributed by atoms with E-state index in [9.17, 15) is 13.2 Å². The van der Waals surface area contributed by atoms with Gasteiger partial charge >= 0.3 is 0 Å². The smallest absolute Gasteiger partial charge is 0.164 e. The molecule has 0 aliphatic rings. The monoisotopic (exact) mass is 314 g/mol. The highest BCUT2D eigenvalue weighted by molar-refractivity contribution is 5.96. The summed E-state index contributed by atoms with van der Waals surface area (Å²) in [5, 5.41) is 0.642. The summed E-state index contributed by atoms with van der Waals surface area (Å²) in [6.07, 6.45) is 1.44. The first kappa shape index (κ1) is 13.6. The third-order valence-electron chi connectivity index (χ3n) is 3.65. The molecule has 0 aliphatic heterocycles. The highest BCUT2D eigenvalue weighted by Gasteiger charge is 2.16. The van der Waals surface area contributed by atoms with E-state index in [2.05, 4.69) is 15.0 Å². The maximum absolute atomic E-state index is 14.0. The Morgan fingerprint density at radius 2 is 1.78 bits per heavy atom. The molecule has 2 aromatic carbocycles. The number of para-hydroxylation sites is 1. The molecule has 114 valence electrons. The van der Waals surface area contributed by atoms with Crippen LogP contribution in [0.25, 0.3) is 33.2 Å². The minimum atomic E-state index is -0.730. The van der Waals surface area contributed by atoms with Crippen LogP contribution >= 0.6 is 0 Å². The summed E-state index contributed by atoms with van der Waals surface area (Å²) in [6.45, 7) is 0. The highest BCUT2D eigenvalue weighted by Crippen LogP contribution is 2.31. The largest absolute Gasteiger partial charge is 0.383 e. The Labute approximate surface area is 127 Å². The molecule has 23 heavy (non-hydrogen) atoms. The van der Waals surface area contributed by atoms with E-state index in [1.807, 2.05) is 0 Å². The minimum Gasteiger partial charge on any atom is -0.383 e. The number of nitrogens with two attached hydrogens (primary N) is 1. The molecule has 7 heteroatoms. The van der Waals surface area contributed by atoms with Crippen molar-refractivity contribution in [3.05, 3.63) is 54.0 Å². The van der Waals surface area contributed by atoms with Gasteiger partial charge in [0.25, 0.3) is 0 Å². The summed E-state index contributed by atoms with van der Waals surface area (Å²) in [7, 11) is 0. The van der Waals surface area contributed by atoms with E-state index in [0.29, 0.717) is 10.9 Å². The van der Waals surface area contributed by atoms with Gasteiger partial charge in [-0.05, 0) is 18.2 Å². The summed E-state index contributed by atoms with van der Waals surface area (Å²) < 4.78 is 41.2. The molecule has 0 aliphatic carbocycles. The quantitative estimate of drug-likeness (QED) is 0.562. The molecule has 0 unspecified atom stereocenters. The van der Waals surface area contributed by atoms with E-state index < -0.39 is 17.5 Å². The molecule has 0 saturated carbocycles. The fourth-order valence-corrected chi connectivity index (χ4v) is 2.60. The fourth-order valence-electron chi connectivity index (χ4n) is 2.60. The van der Waals surface area contributed by atoms with E-state index >= 15 is 0 Å². The molecule has 4 aromatic rings. The van der Waals surface area contributed by atoms with E-state index in [-0.39, 0.29) is 28.1 Å². The molecule has 0 saturated heterocycles. The van der Waals surface area contributed by atoms with Gasteiger partial charge in [0.15, 0.2) is 5.82 Å². The lowest BCUT2D eigenvalue weighted by Crippen LogP contribution is -1.99. The number of benzene rings is 2. The molecule has 4 nitrogen and oxygen atoms in total. The second-order valence-electron chi connectivity index (χ2n) is 5.08. The van der Waals surface area contributed by atoms with Gasteiger partial charge in [0, 0.05) is 28.6 Å². The first-order chi connectivity index (χ1) is 11.0. The average molecular weight is 314 g/mol. The molecule has 2 aromatic heterocycles. The number of nitrogen functional groups attached to an aromatic ring is 1. The summed E-state index contributed by atoms with van der Waals surface area (Å²) in [4.78, 5) is 11.0. The molecule has 3 N–H and O–H groups in total. The van der Waals surface area contributed by atoms with Crippen molar-refractivity contribution in [1.82, 2.24) is 15.0 Å². The zero-order valence-corrected chi connectivity index (χ0v) is 11.6. The molecule has 0 spiro atoms. The number of H-pyrrole nitrogens is 1. The van der Waals surface area contributed by atoms with E-state index in [1.54, 1.807) is 6.07 Å². The van der Waals surface area contributed by atoms with Gasteiger partial charge < -0.3 is 10.7 Å². The lowest BCUT2D eigenvalue weighted by Gasteiger charge is -2.05. The molecule has 0 atom stereocenters. The van der Waals surface area contributed by atoms with Crippen molar-refractivity contribution in [2.45, 2.75) is 0 Å². The van der Waals surface area contributed by atoms with Gasteiger partial charge in [0.2, 0.25) is 0 Å². The number of nitrogens with zero attached hydrogens (tertiary/aromatic N) is 2. The van der Waals surface area contributed by atoms with Crippen molar-refractivity contribution in [3.8, 4) is 11.4 Å². The van der Waals surface area contributed by atoms with Crippen LogP contribution in [0.3, 0.4) is 0 Å². The van der Waals surface area contributed by atoms with Crippen LogP contribution in [0.2, 0.25) is 0 Å². The first-order valence-electron chi connectivity index (χ1n) is 6.73. The number of hydrogen-bond acceptors (Lipinski definition) is 3. The third-order valence-corrected chi connectivity index (χ3v) is 3.65. The minimum absolute atomic E-state index is 0.0567. The molecule has 2 heterocycles. The molecule has 4 rings (SSSR count). The van der Waals surface area contributed by atoms with E-state index in [0.717, 1.165) is 12.1 Å². The zero-order chi connectivity index (χ0) is 16.1. The Kier molecular flexibility index (Phi) is 2.77. The topological polar surface area (TPSA) is 67.6 Å². The summed E-state index contributed by atoms with van der Waals surface area (Å²) in [6, 6.07) is 6.31. The number of fused-ring (bicyclic) bond motifs is 2. The molecule has 0 amide bonds. The maximum atomic E-state index is 14.0. The van der Waals surface area contributed by atoms with Crippen LogP contribution in [0.1, 0.15) is 0 Å². The van der Waals surface area contributed by atoms with Crippen molar-refractivity contribution in [2.24, 2.45) is 0 Å². The fraction of sp³-hybridized carbons (Fsp3) is 0. The molecular weight excluding hydrogens is 305 g/mol. The molecule has 0 bridgehead atoms. The van der Waals surface area contributed by atoms with Gasteiger partial charge in [-0.25, -0.2) is 23.1 Å². The van der Waals surface area contributed by atoms with E-state index in [4.69, 9.17) is 5.73 Å². The lowest BCUT2D eigenvalue weighted by atomic mass is 10.1. The maximum Gasteiger partial charge on any atom is 0.164 e. The van der Waals surface area contributed by atoms with Gasteiger partial charge in [-0.15, -0.1) is 0 Å².